The molecular weight excluding hydrogens is 376 g/mol. The summed E-state index contributed by atoms with van der Waals surface area (Å²) in [6.45, 7) is 3.49. The molecule has 1 heterocycles. The number of nitrogens with zero attached hydrogens (tertiary/aromatic N) is 1. The van der Waals surface area contributed by atoms with Crippen molar-refractivity contribution in [1.82, 2.24) is 0 Å². The van der Waals surface area contributed by atoms with Gasteiger partial charge >= 0.3 is 0 Å². The molecule has 1 aliphatic heterocycles. The van der Waals surface area contributed by atoms with Gasteiger partial charge in [0, 0.05) is 61.4 Å². The van der Waals surface area contributed by atoms with E-state index in [9.17, 15) is 4.79 Å². The van der Waals surface area contributed by atoms with E-state index in [1.165, 1.54) is 6.21 Å². The summed E-state index contributed by atoms with van der Waals surface area (Å²) >= 11 is 0. The maximum atomic E-state index is 11.9. The van der Waals surface area contributed by atoms with Gasteiger partial charge in [0.25, 0.3) is 0 Å². The molecule has 6 N–H and O–H groups in total. The van der Waals surface area contributed by atoms with Crippen molar-refractivity contribution >= 4 is 41.1 Å². The van der Waals surface area contributed by atoms with Crippen molar-refractivity contribution in [1.29, 1.82) is 5.41 Å². The molecule has 0 radical (unpaired) electrons. The number of nitrogens with one attached hydrogen (secondary N) is 4. The van der Waals surface area contributed by atoms with Gasteiger partial charge in [-0.1, -0.05) is 25.1 Å². The lowest BCUT2D eigenvalue weighted by atomic mass is 9.96. The molecule has 7 nitrogen and oxygen atoms in total. The lowest BCUT2D eigenvalue weighted by molar-refractivity contribution is -0.115. The molecule has 0 aliphatic carbocycles. The summed E-state index contributed by atoms with van der Waals surface area (Å²) in [5.41, 5.74) is 12.8. The zero-order valence-corrected chi connectivity index (χ0v) is 17.4. The number of nitrogens with two attached hydrogens (primary N) is 1. The average Bonchev–Trinajstić information content (AvgIpc) is 2.95. The molecule has 0 saturated carbocycles. The molecule has 7 heteroatoms. The number of amides is 1. The van der Waals surface area contributed by atoms with Crippen LogP contribution in [0.4, 0.5) is 17.1 Å². The summed E-state index contributed by atoms with van der Waals surface area (Å²) in [7, 11) is 1.66. The van der Waals surface area contributed by atoms with E-state index in [0.717, 1.165) is 46.7 Å². The molecule has 0 spiro atoms. The van der Waals surface area contributed by atoms with Crippen molar-refractivity contribution < 1.29 is 4.79 Å². The van der Waals surface area contributed by atoms with E-state index < -0.39 is 0 Å². The molecule has 0 saturated heterocycles. The first-order chi connectivity index (χ1) is 14.6. The highest BCUT2D eigenvalue weighted by Crippen LogP contribution is 2.37. The van der Waals surface area contributed by atoms with Crippen LogP contribution in [0.1, 0.15) is 25.3 Å². The fraction of sp³-hybridized carbons (Fsp3) is 0.261. The Hall–Kier alpha value is -3.61. The number of hydrogen-bond donors (Lipinski definition) is 5. The number of hydrogen-bond acceptors (Lipinski definition) is 6. The van der Waals surface area contributed by atoms with Crippen LogP contribution in [0.25, 0.3) is 16.8 Å². The van der Waals surface area contributed by atoms with Crippen molar-refractivity contribution in [3.8, 4) is 11.1 Å². The molecule has 2 aromatic rings. The van der Waals surface area contributed by atoms with Crippen molar-refractivity contribution in [2.45, 2.75) is 19.8 Å². The van der Waals surface area contributed by atoms with Crippen molar-refractivity contribution in [3.05, 3.63) is 47.5 Å². The lowest BCUT2D eigenvalue weighted by Gasteiger charge is -2.18. The SMILES string of the molecule is CCCNc1ccc(-c2cccc3c2NCCC(=O)N3)cc1C(N)=C(C=N)C=NC. The van der Waals surface area contributed by atoms with Crippen molar-refractivity contribution in [2.24, 2.45) is 10.7 Å². The zero-order valence-electron chi connectivity index (χ0n) is 17.4. The smallest absolute Gasteiger partial charge is 0.226 e. The largest absolute Gasteiger partial charge is 0.398 e. The molecule has 0 unspecified atom stereocenters. The summed E-state index contributed by atoms with van der Waals surface area (Å²) in [6.07, 6.45) is 4.21. The van der Waals surface area contributed by atoms with Gasteiger partial charge in [0.1, 0.15) is 0 Å². The first kappa shape index (κ1) is 21.1. The van der Waals surface area contributed by atoms with Crippen molar-refractivity contribution in [3.63, 3.8) is 0 Å². The first-order valence-corrected chi connectivity index (χ1v) is 10.1. The van der Waals surface area contributed by atoms with Crippen LogP contribution in [0.15, 0.2) is 47.0 Å². The summed E-state index contributed by atoms with van der Waals surface area (Å²) in [6, 6.07) is 11.9. The maximum absolute atomic E-state index is 11.9. The third-order valence-corrected chi connectivity index (χ3v) is 4.91. The molecule has 30 heavy (non-hydrogen) atoms. The number of fused-ring (bicyclic) bond motifs is 1. The molecule has 2 aromatic carbocycles. The molecule has 0 aromatic heterocycles. The molecule has 156 valence electrons. The summed E-state index contributed by atoms with van der Waals surface area (Å²) in [4.78, 5) is 16.0. The van der Waals surface area contributed by atoms with E-state index in [1.807, 2.05) is 36.4 Å². The number of rotatable bonds is 7. The van der Waals surface area contributed by atoms with E-state index in [1.54, 1.807) is 13.3 Å². The van der Waals surface area contributed by atoms with Gasteiger partial charge < -0.3 is 27.1 Å². The minimum Gasteiger partial charge on any atom is -0.398 e. The van der Waals surface area contributed by atoms with E-state index in [2.05, 4.69) is 27.9 Å². The van der Waals surface area contributed by atoms with Crippen LogP contribution in [0.5, 0.6) is 0 Å². The Kier molecular flexibility index (Phi) is 6.85. The van der Waals surface area contributed by atoms with Gasteiger partial charge in [-0.3, -0.25) is 9.79 Å². The molecule has 0 fully saturated rings. The Balaban J connectivity index is 2.16. The van der Waals surface area contributed by atoms with Gasteiger partial charge in [0.2, 0.25) is 5.91 Å². The van der Waals surface area contributed by atoms with Gasteiger partial charge in [-0.15, -0.1) is 0 Å². The highest BCUT2D eigenvalue weighted by Gasteiger charge is 2.17. The minimum atomic E-state index is -0.000132. The Morgan fingerprint density at radius 2 is 2.17 bits per heavy atom. The van der Waals surface area contributed by atoms with E-state index in [-0.39, 0.29) is 5.91 Å². The number of para-hydroxylation sites is 1. The van der Waals surface area contributed by atoms with Gasteiger partial charge in [0.15, 0.2) is 0 Å². The van der Waals surface area contributed by atoms with Crippen LogP contribution >= 0.6 is 0 Å². The third kappa shape index (κ3) is 4.51. The number of aliphatic imine (C=N–C) groups is 1. The quantitative estimate of drug-likeness (QED) is 0.449. The van der Waals surface area contributed by atoms with Crippen LogP contribution in [0, 0.1) is 5.41 Å². The highest BCUT2D eigenvalue weighted by atomic mass is 16.1. The second-order valence-electron chi connectivity index (χ2n) is 7.04. The third-order valence-electron chi connectivity index (χ3n) is 4.91. The standard InChI is InChI=1S/C23H28N6O/c1-3-10-27-19-8-7-15(12-18(19)22(25)16(13-24)14-26-2)17-5-4-6-20-23(17)28-11-9-21(30)29-20/h4-8,12-14,24,27-28H,3,9-11,25H2,1-2H3,(H,29,30). The molecule has 0 atom stereocenters. The second kappa shape index (κ2) is 9.73. The van der Waals surface area contributed by atoms with Crippen LogP contribution in [0.2, 0.25) is 0 Å². The number of carbonyl (C=O) groups is 1. The Morgan fingerprint density at radius 1 is 1.33 bits per heavy atom. The van der Waals surface area contributed by atoms with Gasteiger partial charge in [-0.25, -0.2) is 0 Å². The number of anilines is 3. The monoisotopic (exact) mass is 404 g/mol. The highest BCUT2D eigenvalue weighted by molar-refractivity contribution is 6.11. The van der Waals surface area contributed by atoms with Crippen molar-refractivity contribution in [2.75, 3.05) is 36.1 Å². The Bertz CT molecular complexity index is 1010. The maximum Gasteiger partial charge on any atom is 0.226 e. The van der Waals surface area contributed by atoms with Gasteiger partial charge in [0.05, 0.1) is 17.1 Å². The van der Waals surface area contributed by atoms with Crippen LogP contribution in [0.3, 0.4) is 0 Å². The molecule has 0 bridgehead atoms. The average molecular weight is 405 g/mol. The zero-order chi connectivity index (χ0) is 21.5. The van der Waals surface area contributed by atoms with Gasteiger partial charge in [-0.05, 0) is 30.2 Å². The summed E-state index contributed by atoms with van der Waals surface area (Å²) < 4.78 is 0. The van der Waals surface area contributed by atoms with E-state index >= 15 is 0 Å². The van der Waals surface area contributed by atoms with E-state index in [4.69, 9.17) is 11.1 Å². The molecule has 3 rings (SSSR count). The van der Waals surface area contributed by atoms with Gasteiger partial charge in [-0.2, -0.15) is 0 Å². The Labute approximate surface area is 177 Å². The Morgan fingerprint density at radius 3 is 2.90 bits per heavy atom. The number of benzene rings is 2. The fourth-order valence-electron chi connectivity index (χ4n) is 3.43. The number of allylic oxidation sites excluding steroid dienone is 1. The molecular formula is C23H28N6O. The summed E-state index contributed by atoms with van der Waals surface area (Å²) in [5.74, 6) is -0.000132. The predicted octanol–water partition coefficient (Wildman–Crippen LogP) is 3.95. The second-order valence-corrected chi connectivity index (χ2v) is 7.04. The normalized spacial score (nSPS) is 14.3. The topological polar surface area (TPSA) is 115 Å². The van der Waals surface area contributed by atoms with Crippen LogP contribution in [-0.2, 0) is 4.79 Å². The summed E-state index contributed by atoms with van der Waals surface area (Å²) in [5, 5.41) is 17.5. The predicted molar refractivity (Wildman–Crippen MR) is 127 cm³/mol. The molecule has 1 amide bonds. The minimum absolute atomic E-state index is 0.000132. The molecule has 1 aliphatic rings. The van der Waals surface area contributed by atoms with E-state index in [0.29, 0.717) is 24.2 Å². The van der Waals surface area contributed by atoms with Crippen LogP contribution < -0.4 is 21.7 Å². The number of carbonyl (C=O) groups excluding carboxylic acids is 1. The lowest BCUT2D eigenvalue weighted by Crippen LogP contribution is -2.10. The van der Waals surface area contributed by atoms with Crippen LogP contribution in [-0.4, -0.2) is 38.5 Å². The first-order valence-electron chi connectivity index (χ1n) is 10.1. The fourth-order valence-corrected chi connectivity index (χ4v) is 3.43.